The first kappa shape index (κ1) is 15.2. The predicted octanol–water partition coefficient (Wildman–Crippen LogP) is 3.01. The first-order chi connectivity index (χ1) is 10.6. The van der Waals surface area contributed by atoms with Crippen molar-refractivity contribution in [2.45, 2.75) is 50.0 Å². The van der Waals surface area contributed by atoms with Crippen LogP contribution in [0.3, 0.4) is 0 Å². The van der Waals surface area contributed by atoms with E-state index in [4.69, 9.17) is 4.52 Å². The van der Waals surface area contributed by atoms with Gasteiger partial charge in [-0.15, -0.1) is 0 Å². The first-order valence-electron chi connectivity index (χ1n) is 7.71. The molecule has 1 heterocycles. The molecular formula is C16H20N2O3S. The lowest BCUT2D eigenvalue weighted by Gasteiger charge is -2.24. The van der Waals surface area contributed by atoms with Gasteiger partial charge in [-0.2, -0.15) is 4.98 Å². The van der Waals surface area contributed by atoms with E-state index in [0.29, 0.717) is 18.7 Å². The van der Waals surface area contributed by atoms with Crippen LogP contribution in [-0.2, 0) is 28.4 Å². The van der Waals surface area contributed by atoms with E-state index in [0.717, 1.165) is 30.4 Å². The number of nitrogens with zero attached hydrogens (tertiary/aromatic N) is 2. The zero-order chi connectivity index (χ0) is 15.6. The number of aromatic nitrogens is 2. The van der Waals surface area contributed by atoms with E-state index in [2.05, 4.69) is 10.1 Å². The van der Waals surface area contributed by atoms with E-state index < -0.39 is 15.1 Å². The topological polar surface area (TPSA) is 73.1 Å². The standard InChI is InChI=1S/C16H20N2O3S/c1-2-6-16-17-15(18-21-16)11-22(19,20)14-10-5-8-12-7-3-4-9-13(12)14/h3-4,7,9,14H,2,5-6,8,10-11H2,1H3. The first-order valence-corrected chi connectivity index (χ1v) is 9.42. The van der Waals surface area contributed by atoms with Crippen LogP contribution in [0.1, 0.15) is 54.3 Å². The van der Waals surface area contributed by atoms with E-state index in [1.54, 1.807) is 0 Å². The van der Waals surface area contributed by atoms with Gasteiger partial charge in [0.15, 0.2) is 15.7 Å². The number of fused-ring (bicyclic) bond motifs is 1. The van der Waals surface area contributed by atoms with Gasteiger partial charge in [-0.25, -0.2) is 8.42 Å². The molecule has 0 saturated heterocycles. The maximum absolute atomic E-state index is 12.8. The van der Waals surface area contributed by atoms with Gasteiger partial charge in [0.1, 0.15) is 5.75 Å². The molecule has 1 aliphatic rings. The van der Waals surface area contributed by atoms with Crippen LogP contribution in [0.15, 0.2) is 28.8 Å². The summed E-state index contributed by atoms with van der Waals surface area (Å²) in [7, 11) is -3.34. The summed E-state index contributed by atoms with van der Waals surface area (Å²) in [6.07, 6.45) is 4.09. The minimum absolute atomic E-state index is 0.154. The molecule has 3 rings (SSSR count). The quantitative estimate of drug-likeness (QED) is 0.846. The van der Waals surface area contributed by atoms with Crippen LogP contribution in [0.5, 0.6) is 0 Å². The molecule has 1 aromatic heterocycles. The zero-order valence-electron chi connectivity index (χ0n) is 12.7. The Bertz CT molecular complexity index is 752. The molecule has 0 spiro atoms. The Labute approximate surface area is 130 Å². The van der Waals surface area contributed by atoms with Crippen LogP contribution in [0.2, 0.25) is 0 Å². The lowest BCUT2D eigenvalue weighted by molar-refractivity contribution is 0.373. The van der Waals surface area contributed by atoms with Gasteiger partial charge in [-0.3, -0.25) is 0 Å². The molecule has 6 heteroatoms. The van der Waals surface area contributed by atoms with Gasteiger partial charge in [0, 0.05) is 6.42 Å². The Morgan fingerprint density at radius 2 is 2.14 bits per heavy atom. The minimum atomic E-state index is -3.34. The van der Waals surface area contributed by atoms with E-state index >= 15 is 0 Å². The molecule has 22 heavy (non-hydrogen) atoms. The van der Waals surface area contributed by atoms with Crippen molar-refractivity contribution in [1.82, 2.24) is 10.1 Å². The Morgan fingerprint density at radius 1 is 1.32 bits per heavy atom. The van der Waals surface area contributed by atoms with Gasteiger partial charge in [-0.05, 0) is 36.8 Å². The normalized spacial score (nSPS) is 18.1. The van der Waals surface area contributed by atoms with Crippen molar-refractivity contribution in [3.63, 3.8) is 0 Å². The number of sulfone groups is 1. The summed E-state index contributed by atoms with van der Waals surface area (Å²) in [5.41, 5.74) is 2.08. The molecule has 0 aliphatic heterocycles. The Morgan fingerprint density at radius 3 is 2.95 bits per heavy atom. The summed E-state index contributed by atoms with van der Waals surface area (Å²) < 4.78 is 30.6. The maximum Gasteiger partial charge on any atom is 0.226 e. The molecule has 0 amide bonds. The third-order valence-corrected chi connectivity index (χ3v) is 6.07. The molecule has 1 atom stereocenters. The summed E-state index contributed by atoms with van der Waals surface area (Å²) in [5.74, 6) is 0.627. The molecule has 1 aliphatic carbocycles. The van der Waals surface area contributed by atoms with Gasteiger partial charge >= 0.3 is 0 Å². The Balaban J connectivity index is 1.84. The highest BCUT2D eigenvalue weighted by Gasteiger charge is 2.32. The lowest BCUT2D eigenvalue weighted by atomic mass is 9.91. The molecule has 0 fully saturated rings. The maximum atomic E-state index is 12.8. The molecular weight excluding hydrogens is 300 g/mol. The van der Waals surface area contributed by atoms with E-state index in [-0.39, 0.29) is 11.6 Å². The molecule has 0 saturated carbocycles. The van der Waals surface area contributed by atoms with Gasteiger partial charge in [0.2, 0.25) is 5.89 Å². The molecule has 118 valence electrons. The smallest absolute Gasteiger partial charge is 0.226 e. The molecule has 0 radical (unpaired) electrons. The monoisotopic (exact) mass is 320 g/mol. The molecule has 0 N–H and O–H groups in total. The Hall–Kier alpha value is -1.69. The summed E-state index contributed by atoms with van der Waals surface area (Å²) in [4.78, 5) is 4.18. The molecule has 1 unspecified atom stereocenters. The highest BCUT2D eigenvalue weighted by atomic mass is 32.2. The number of hydrogen-bond donors (Lipinski definition) is 0. The number of hydrogen-bond acceptors (Lipinski definition) is 5. The molecule has 0 bridgehead atoms. The van der Waals surface area contributed by atoms with Crippen molar-refractivity contribution in [2.75, 3.05) is 0 Å². The van der Waals surface area contributed by atoms with Crippen molar-refractivity contribution in [1.29, 1.82) is 0 Å². The SMILES string of the molecule is CCCc1nc(CS(=O)(=O)C2CCCc3ccccc32)no1. The second-order valence-corrected chi connectivity index (χ2v) is 7.92. The highest BCUT2D eigenvalue weighted by Crippen LogP contribution is 2.36. The number of benzene rings is 1. The average Bonchev–Trinajstić information content (AvgIpc) is 2.93. The van der Waals surface area contributed by atoms with Crippen LogP contribution in [0.4, 0.5) is 0 Å². The summed E-state index contributed by atoms with van der Waals surface area (Å²) >= 11 is 0. The van der Waals surface area contributed by atoms with Crippen LogP contribution >= 0.6 is 0 Å². The van der Waals surface area contributed by atoms with Crippen molar-refractivity contribution in [3.05, 3.63) is 47.1 Å². The van der Waals surface area contributed by atoms with E-state index in [9.17, 15) is 8.42 Å². The van der Waals surface area contributed by atoms with E-state index in [1.807, 2.05) is 31.2 Å². The van der Waals surface area contributed by atoms with Crippen molar-refractivity contribution in [2.24, 2.45) is 0 Å². The van der Waals surface area contributed by atoms with Crippen molar-refractivity contribution in [3.8, 4) is 0 Å². The third-order valence-electron chi connectivity index (χ3n) is 4.05. The highest BCUT2D eigenvalue weighted by molar-refractivity contribution is 7.90. The summed E-state index contributed by atoms with van der Waals surface area (Å²) in [6, 6.07) is 7.81. The van der Waals surface area contributed by atoms with Crippen LogP contribution in [0, 0.1) is 0 Å². The predicted molar refractivity (Wildman–Crippen MR) is 83.0 cm³/mol. The lowest BCUT2D eigenvalue weighted by Crippen LogP contribution is -2.21. The number of aryl methyl sites for hydroxylation is 2. The summed E-state index contributed by atoms with van der Waals surface area (Å²) in [5, 5.41) is 3.35. The van der Waals surface area contributed by atoms with Gasteiger partial charge in [-0.1, -0.05) is 36.3 Å². The van der Waals surface area contributed by atoms with E-state index in [1.165, 1.54) is 0 Å². The fourth-order valence-corrected chi connectivity index (χ4v) is 4.85. The summed E-state index contributed by atoms with van der Waals surface area (Å²) in [6.45, 7) is 2.01. The van der Waals surface area contributed by atoms with Crippen molar-refractivity contribution < 1.29 is 12.9 Å². The average molecular weight is 320 g/mol. The largest absolute Gasteiger partial charge is 0.339 e. The Kier molecular flexibility index (Phi) is 4.29. The molecule has 1 aromatic carbocycles. The van der Waals surface area contributed by atoms with Gasteiger partial charge in [0.25, 0.3) is 0 Å². The molecule has 2 aromatic rings. The zero-order valence-corrected chi connectivity index (χ0v) is 13.5. The second kappa shape index (κ2) is 6.20. The van der Waals surface area contributed by atoms with Crippen LogP contribution < -0.4 is 0 Å². The fraction of sp³-hybridized carbons (Fsp3) is 0.500. The van der Waals surface area contributed by atoms with Crippen molar-refractivity contribution >= 4 is 9.84 Å². The van der Waals surface area contributed by atoms with Gasteiger partial charge in [0.05, 0.1) is 5.25 Å². The fourth-order valence-electron chi connectivity index (χ4n) is 3.03. The van der Waals surface area contributed by atoms with Gasteiger partial charge < -0.3 is 4.52 Å². The molecule has 5 nitrogen and oxygen atoms in total. The minimum Gasteiger partial charge on any atom is -0.339 e. The van der Waals surface area contributed by atoms with Crippen LogP contribution in [-0.4, -0.2) is 18.6 Å². The van der Waals surface area contributed by atoms with Crippen LogP contribution in [0.25, 0.3) is 0 Å². The second-order valence-electron chi connectivity index (χ2n) is 5.74. The third kappa shape index (κ3) is 3.06. The number of rotatable bonds is 5.